The number of alkyl halides is 2. The van der Waals surface area contributed by atoms with Crippen LogP contribution < -0.4 is 10.6 Å². The minimum Gasteiger partial charge on any atom is -0.399 e. The SMILES string of the molecule is CCN(CC)C(=O)CN(C)c1ccc(N)cc1C(F)F. The molecule has 112 valence electrons. The molecule has 20 heavy (non-hydrogen) atoms. The van der Waals surface area contributed by atoms with Crippen LogP contribution in [0.3, 0.4) is 0 Å². The van der Waals surface area contributed by atoms with Crippen LogP contribution >= 0.6 is 0 Å². The van der Waals surface area contributed by atoms with Crippen molar-refractivity contribution < 1.29 is 13.6 Å². The van der Waals surface area contributed by atoms with Crippen LogP contribution in [0, 0.1) is 0 Å². The zero-order valence-electron chi connectivity index (χ0n) is 12.1. The van der Waals surface area contributed by atoms with Gasteiger partial charge in [0.25, 0.3) is 6.43 Å². The van der Waals surface area contributed by atoms with E-state index in [4.69, 9.17) is 5.73 Å². The Balaban J connectivity index is 2.92. The van der Waals surface area contributed by atoms with Gasteiger partial charge in [0.15, 0.2) is 0 Å². The summed E-state index contributed by atoms with van der Waals surface area (Å²) in [5.74, 6) is -0.0884. The predicted molar refractivity (Wildman–Crippen MR) is 77.0 cm³/mol. The lowest BCUT2D eigenvalue weighted by atomic mass is 10.1. The molecule has 1 aromatic carbocycles. The normalized spacial score (nSPS) is 10.7. The first kappa shape index (κ1) is 16.2. The Morgan fingerprint density at radius 1 is 1.30 bits per heavy atom. The molecule has 1 amide bonds. The van der Waals surface area contributed by atoms with Crippen molar-refractivity contribution in [2.45, 2.75) is 20.3 Å². The highest BCUT2D eigenvalue weighted by Gasteiger charge is 2.19. The number of hydrogen-bond acceptors (Lipinski definition) is 3. The van der Waals surface area contributed by atoms with E-state index < -0.39 is 6.43 Å². The Morgan fingerprint density at radius 2 is 1.90 bits per heavy atom. The number of halogens is 2. The van der Waals surface area contributed by atoms with E-state index in [-0.39, 0.29) is 23.7 Å². The van der Waals surface area contributed by atoms with Gasteiger partial charge in [-0.1, -0.05) is 0 Å². The monoisotopic (exact) mass is 285 g/mol. The molecule has 0 heterocycles. The Hall–Kier alpha value is -1.85. The molecule has 0 saturated carbocycles. The number of hydrogen-bond donors (Lipinski definition) is 1. The maximum atomic E-state index is 13.0. The minimum atomic E-state index is -2.63. The molecule has 2 N–H and O–H groups in total. The summed E-state index contributed by atoms with van der Waals surface area (Å²) in [4.78, 5) is 15.2. The number of carbonyl (C=O) groups is 1. The third-order valence-electron chi connectivity index (χ3n) is 3.19. The topological polar surface area (TPSA) is 49.6 Å². The number of likely N-dealkylation sites (N-methyl/N-ethyl adjacent to an activating group) is 2. The molecule has 0 radical (unpaired) electrons. The molecule has 0 bridgehead atoms. The lowest BCUT2D eigenvalue weighted by molar-refractivity contribution is -0.129. The van der Waals surface area contributed by atoms with Crippen molar-refractivity contribution in [3.05, 3.63) is 23.8 Å². The zero-order valence-corrected chi connectivity index (χ0v) is 12.1. The van der Waals surface area contributed by atoms with E-state index in [1.165, 1.54) is 17.0 Å². The Morgan fingerprint density at radius 3 is 2.40 bits per heavy atom. The van der Waals surface area contributed by atoms with Gasteiger partial charge in [-0.3, -0.25) is 4.79 Å². The lowest BCUT2D eigenvalue weighted by Gasteiger charge is -2.26. The van der Waals surface area contributed by atoms with Crippen LogP contribution in [-0.2, 0) is 4.79 Å². The average Bonchev–Trinajstić information content (AvgIpc) is 2.39. The molecule has 0 saturated heterocycles. The number of nitrogens with two attached hydrogens (primary N) is 1. The Kier molecular flexibility index (Phi) is 5.73. The predicted octanol–water partition coefficient (Wildman–Crippen LogP) is 2.51. The molecule has 0 aliphatic rings. The second-order valence-corrected chi connectivity index (χ2v) is 4.54. The third kappa shape index (κ3) is 3.82. The maximum absolute atomic E-state index is 13.0. The van der Waals surface area contributed by atoms with Crippen LogP contribution in [0.4, 0.5) is 20.2 Å². The van der Waals surface area contributed by atoms with Crippen molar-refractivity contribution in [3.8, 4) is 0 Å². The molecular weight excluding hydrogens is 264 g/mol. The summed E-state index contributed by atoms with van der Waals surface area (Å²) in [7, 11) is 1.62. The van der Waals surface area contributed by atoms with Crippen LogP contribution in [0.2, 0.25) is 0 Å². The number of amides is 1. The van der Waals surface area contributed by atoms with Gasteiger partial charge in [0.1, 0.15) is 0 Å². The summed E-state index contributed by atoms with van der Waals surface area (Å²) < 4.78 is 26.0. The van der Waals surface area contributed by atoms with Gasteiger partial charge in [0.2, 0.25) is 5.91 Å². The summed E-state index contributed by atoms with van der Waals surface area (Å²) in [6, 6.07) is 4.32. The standard InChI is InChI=1S/C14H21F2N3O/c1-4-19(5-2)13(20)9-18(3)12-7-6-10(17)8-11(12)14(15)16/h6-8,14H,4-5,9,17H2,1-3H3. The number of nitrogen functional groups attached to an aromatic ring is 1. The first-order chi connectivity index (χ1) is 9.40. The van der Waals surface area contributed by atoms with Crippen molar-refractivity contribution in [1.82, 2.24) is 4.90 Å². The summed E-state index contributed by atoms with van der Waals surface area (Å²) >= 11 is 0. The molecule has 1 aromatic rings. The maximum Gasteiger partial charge on any atom is 0.265 e. The van der Waals surface area contributed by atoms with Gasteiger partial charge in [-0.05, 0) is 32.0 Å². The molecule has 0 atom stereocenters. The fraction of sp³-hybridized carbons (Fsp3) is 0.500. The lowest BCUT2D eigenvalue weighted by Crippen LogP contribution is -2.39. The highest BCUT2D eigenvalue weighted by atomic mass is 19.3. The quantitative estimate of drug-likeness (QED) is 0.817. The Bertz CT molecular complexity index is 462. The van der Waals surface area contributed by atoms with Crippen LogP contribution in [0.5, 0.6) is 0 Å². The van der Waals surface area contributed by atoms with E-state index in [9.17, 15) is 13.6 Å². The van der Waals surface area contributed by atoms with Gasteiger partial charge in [-0.2, -0.15) is 0 Å². The zero-order chi connectivity index (χ0) is 15.3. The van der Waals surface area contributed by atoms with Crippen molar-refractivity contribution in [2.75, 3.05) is 37.3 Å². The van der Waals surface area contributed by atoms with E-state index >= 15 is 0 Å². The van der Waals surface area contributed by atoms with E-state index in [1.807, 2.05) is 13.8 Å². The van der Waals surface area contributed by atoms with Crippen LogP contribution in [0.1, 0.15) is 25.8 Å². The van der Waals surface area contributed by atoms with Gasteiger partial charge in [0, 0.05) is 37.1 Å². The van der Waals surface area contributed by atoms with Gasteiger partial charge < -0.3 is 15.5 Å². The third-order valence-corrected chi connectivity index (χ3v) is 3.19. The van der Waals surface area contributed by atoms with Gasteiger partial charge in [0.05, 0.1) is 6.54 Å². The second-order valence-electron chi connectivity index (χ2n) is 4.54. The molecule has 6 heteroatoms. The largest absolute Gasteiger partial charge is 0.399 e. The average molecular weight is 285 g/mol. The summed E-state index contributed by atoms with van der Waals surface area (Å²) in [5.41, 5.74) is 5.99. The number of rotatable bonds is 6. The molecule has 0 aliphatic heterocycles. The van der Waals surface area contributed by atoms with Gasteiger partial charge in [-0.15, -0.1) is 0 Å². The highest BCUT2D eigenvalue weighted by Crippen LogP contribution is 2.31. The van der Waals surface area contributed by atoms with Crippen molar-refractivity contribution in [2.24, 2.45) is 0 Å². The minimum absolute atomic E-state index is 0.0608. The van der Waals surface area contributed by atoms with Crippen LogP contribution in [-0.4, -0.2) is 37.5 Å². The van der Waals surface area contributed by atoms with Gasteiger partial charge >= 0.3 is 0 Å². The number of carbonyl (C=O) groups excluding carboxylic acids is 1. The van der Waals surface area contributed by atoms with E-state index in [0.29, 0.717) is 18.8 Å². The molecule has 1 rings (SSSR count). The van der Waals surface area contributed by atoms with Crippen molar-refractivity contribution in [1.29, 1.82) is 0 Å². The molecule has 0 unspecified atom stereocenters. The molecule has 0 aromatic heterocycles. The van der Waals surface area contributed by atoms with Crippen LogP contribution in [0.15, 0.2) is 18.2 Å². The first-order valence-electron chi connectivity index (χ1n) is 6.57. The van der Waals surface area contributed by atoms with E-state index in [1.54, 1.807) is 18.0 Å². The molecular formula is C14H21F2N3O. The fourth-order valence-electron chi connectivity index (χ4n) is 2.06. The second kappa shape index (κ2) is 7.07. The van der Waals surface area contributed by atoms with Crippen molar-refractivity contribution in [3.63, 3.8) is 0 Å². The molecule has 0 spiro atoms. The summed E-state index contributed by atoms with van der Waals surface area (Å²) in [6.07, 6.45) is -2.63. The molecule has 4 nitrogen and oxygen atoms in total. The molecule has 0 aliphatic carbocycles. The number of benzene rings is 1. The summed E-state index contributed by atoms with van der Waals surface area (Å²) in [6.45, 7) is 5.04. The first-order valence-corrected chi connectivity index (χ1v) is 6.57. The van der Waals surface area contributed by atoms with E-state index in [2.05, 4.69) is 0 Å². The van der Waals surface area contributed by atoms with E-state index in [0.717, 1.165) is 0 Å². The smallest absolute Gasteiger partial charge is 0.265 e. The fourth-order valence-corrected chi connectivity index (χ4v) is 2.06. The van der Waals surface area contributed by atoms with Crippen molar-refractivity contribution >= 4 is 17.3 Å². The molecule has 0 fully saturated rings. The highest BCUT2D eigenvalue weighted by molar-refractivity contribution is 5.81. The number of nitrogens with zero attached hydrogens (tertiary/aromatic N) is 2. The Labute approximate surface area is 118 Å². The summed E-state index contributed by atoms with van der Waals surface area (Å²) in [5, 5.41) is 0. The number of anilines is 2. The van der Waals surface area contributed by atoms with Gasteiger partial charge in [-0.25, -0.2) is 8.78 Å². The van der Waals surface area contributed by atoms with Crippen LogP contribution in [0.25, 0.3) is 0 Å².